The third kappa shape index (κ3) is 4.92. The van der Waals surface area contributed by atoms with Gasteiger partial charge in [-0.3, -0.25) is 0 Å². The highest BCUT2D eigenvalue weighted by Gasteiger charge is 2.18. The fraction of sp³-hybridized carbons (Fsp3) is 0.304. The summed E-state index contributed by atoms with van der Waals surface area (Å²) in [5.41, 5.74) is 15.3. The monoisotopic (exact) mass is 408 g/mol. The zero-order valence-electron chi connectivity index (χ0n) is 17.8. The van der Waals surface area contributed by atoms with Crippen LogP contribution in [-0.4, -0.2) is 29.8 Å². The number of ether oxygens (including phenoxy) is 3. The highest BCUT2D eigenvalue weighted by molar-refractivity contribution is 5.78. The van der Waals surface area contributed by atoms with Crippen molar-refractivity contribution < 1.29 is 14.2 Å². The molecule has 7 heteroatoms. The van der Waals surface area contributed by atoms with Gasteiger partial charge in [0.05, 0.1) is 25.4 Å². The molecule has 30 heavy (non-hydrogen) atoms. The minimum Gasteiger partial charge on any atom is -0.497 e. The van der Waals surface area contributed by atoms with E-state index in [4.69, 9.17) is 25.7 Å². The summed E-state index contributed by atoms with van der Waals surface area (Å²) in [6, 6.07) is 11.9. The van der Waals surface area contributed by atoms with Crippen LogP contribution < -0.4 is 25.7 Å². The Bertz CT molecular complexity index is 1000. The molecule has 0 fully saturated rings. The third-order valence-corrected chi connectivity index (χ3v) is 4.48. The van der Waals surface area contributed by atoms with Crippen LogP contribution in [0.15, 0.2) is 42.6 Å². The van der Waals surface area contributed by atoms with E-state index in [0.29, 0.717) is 18.8 Å². The number of anilines is 2. The lowest BCUT2D eigenvalue weighted by Crippen LogP contribution is -2.09. The van der Waals surface area contributed by atoms with E-state index in [-0.39, 0.29) is 12.1 Å². The molecular weight excluding hydrogens is 380 g/mol. The fourth-order valence-electron chi connectivity index (χ4n) is 3.20. The van der Waals surface area contributed by atoms with E-state index in [1.165, 1.54) is 0 Å². The molecule has 0 saturated heterocycles. The Hall–Kier alpha value is -3.48. The van der Waals surface area contributed by atoms with Gasteiger partial charge < -0.3 is 25.7 Å². The fourth-order valence-corrected chi connectivity index (χ4v) is 3.20. The van der Waals surface area contributed by atoms with Crippen molar-refractivity contribution in [2.75, 3.05) is 25.2 Å². The number of benzene rings is 2. The minimum absolute atomic E-state index is 0.00310. The van der Waals surface area contributed by atoms with Crippen molar-refractivity contribution in [1.82, 2.24) is 9.97 Å². The molecule has 158 valence electrons. The van der Waals surface area contributed by atoms with Crippen LogP contribution in [0.5, 0.6) is 17.2 Å². The molecule has 0 aliphatic rings. The van der Waals surface area contributed by atoms with Gasteiger partial charge in [0.25, 0.3) is 0 Å². The lowest BCUT2D eigenvalue weighted by atomic mass is 9.98. The van der Waals surface area contributed by atoms with E-state index in [1.54, 1.807) is 13.3 Å². The Kier molecular flexibility index (Phi) is 6.61. The van der Waals surface area contributed by atoms with Crippen LogP contribution in [0, 0.1) is 0 Å². The zero-order chi connectivity index (χ0) is 21.7. The number of rotatable bonds is 8. The first kappa shape index (κ1) is 21.2. The van der Waals surface area contributed by atoms with Gasteiger partial charge >= 0.3 is 0 Å². The predicted octanol–water partition coefficient (Wildman–Crippen LogP) is 4.09. The number of aromatic nitrogens is 2. The number of hydrogen-bond acceptors (Lipinski definition) is 7. The van der Waals surface area contributed by atoms with Crippen LogP contribution in [0.2, 0.25) is 0 Å². The van der Waals surface area contributed by atoms with Gasteiger partial charge in [0.1, 0.15) is 23.1 Å². The standard InChI is InChI=1S/C23H28N4O3/c1-5-29-19-11-15(10-17-13-26-23(25)27-22(17)24)12-20(30-14(2)3)21(19)16-6-8-18(28-4)9-7-16/h6-9,11-14H,5,10H2,1-4H3,(H4,24,25,26,27). The molecule has 0 unspecified atom stereocenters. The molecule has 0 radical (unpaired) electrons. The van der Waals surface area contributed by atoms with Crippen LogP contribution in [0.1, 0.15) is 31.9 Å². The predicted molar refractivity (Wildman–Crippen MR) is 119 cm³/mol. The van der Waals surface area contributed by atoms with Gasteiger partial charge in [0, 0.05) is 18.2 Å². The normalized spacial score (nSPS) is 10.8. The molecule has 0 amide bonds. The van der Waals surface area contributed by atoms with Crippen molar-refractivity contribution in [2.24, 2.45) is 0 Å². The van der Waals surface area contributed by atoms with E-state index in [1.807, 2.05) is 57.2 Å². The summed E-state index contributed by atoms with van der Waals surface area (Å²) in [6.45, 7) is 6.48. The third-order valence-electron chi connectivity index (χ3n) is 4.48. The highest BCUT2D eigenvalue weighted by Crippen LogP contribution is 2.41. The second-order valence-electron chi connectivity index (χ2n) is 7.11. The van der Waals surface area contributed by atoms with Crippen molar-refractivity contribution in [2.45, 2.75) is 33.3 Å². The van der Waals surface area contributed by atoms with E-state index in [2.05, 4.69) is 9.97 Å². The van der Waals surface area contributed by atoms with Gasteiger partial charge in [-0.15, -0.1) is 0 Å². The van der Waals surface area contributed by atoms with Crippen LogP contribution in [0.3, 0.4) is 0 Å². The van der Waals surface area contributed by atoms with Crippen molar-refractivity contribution >= 4 is 11.8 Å². The largest absolute Gasteiger partial charge is 0.497 e. The van der Waals surface area contributed by atoms with E-state index in [0.717, 1.165) is 39.5 Å². The van der Waals surface area contributed by atoms with Gasteiger partial charge in [0.2, 0.25) is 5.95 Å². The second-order valence-corrected chi connectivity index (χ2v) is 7.11. The average Bonchev–Trinajstić information content (AvgIpc) is 2.70. The molecule has 7 nitrogen and oxygen atoms in total. The maximum Gasteiger partial charge on any atom is 0.221 e. The SMILES string of the molecule is CCOc1cc(Cc2cnc(N)nc2N)cc(OC(C)C)c1-c1ccc(OC)cc1. The molecule has 3 aromatic rings. The van der Waals surface area contributed by atoms with Crippen molar-refractivity contribution in [3.05, 3.63) is 53.7 Å². The quantitative estimate of drug-likeness (QED) is 0.578. The number of nitrogens with zero attached hydrogens (tertiary/aromatic N) is 2. The molecule has 4 N–H and O–H groups in total. The summed E-state index contributed by atoms with van der Waals surface area (Å²) in [7, 11) is 1.65. The lowest BCUT2D eigenvalue weighted by Gasteiger charge is -2.20. The number of methoxy groups -OCH3 is 1. The molecule has 1 heterocycles. The molecule has 0 bridgehead atoms. The van der Waals surface area contributed by atoms with Crippen LogP contribution >= 0.6 is 0 Å². The van der Waals surface area contributed by atoms with Crippen molar-refractivity contribution in [3.63, 3.8) is 0 Å². The molecule has 0 aliphatic heterocycles. The van der Waals surface area contributed by atoms with Gasteiger partial charge in [0.15, 0.2) is 0 Å². The van der Waals surface area contributed by atoms with Gasteiger partial charge in [-0.25, -0.2) is 4.98 Å². The number of hydrogen-bond donors (Lipinski definition) is 2. The summed E-state index contributed by atoms with van der Waals surface area (Å²) in [4.78, 5) is 8.11. The maximum absolute atomic E-state index is 6.18. The summed E-state index contributed by atoms with van der Waals surface area (Å²) < 4.78 is 17.5. The first-order chi connectivity index (χ1) is 14.4. The lowest BCUT2D eigenvalue weighted by molar-refractivity contribution is 0.241. The van der Waals surface area contributed by atoms with Gasteiger partial charge in [-0.2, -0.15) is 4.98 Å². The van der Waals surface area contributed by atoms with Gasteiger partial charge in [-0.05, 0) is 56.2 Å². The van der Waals surface area contributed by atoms with E-state index in [9.17, 15) is 0 Å². The molecule has 0 saturated carbocycles. The first-order valence-electron chi connectivity index (χ1n) is 9.89. The van der Waals surface area contributed by atoms with Crippen LogP contribution in [0.4, 0.5) is 11.8 Å². The van der Waals surface area contributed by atoms with E-state index >= 15 is 0 Å². The second kappa shape index (κ2) is 9.35. The summed E-state index contributed by atoms with van der Waals surface area (Å²) in [6.07, 6.45) is 2.18. The van der Waals surface area contributed by atoms with Crippen LogP contribution in [0.25, 0.3) is 11.1 Å². The molecule has 0 atom stereocenters. The molecule has 3 rings (SSSR count). The maximum atomic E-state index is 6.18. The van der Waals surface area contributed by atoms with Crippen LogP contribution in [-0.2, 0) is 6.42 Å². The Balaban J connectivity index is 2.10. The zero-order valence-corrected chi connectivity index (χ0v) is 17.8. The molecule has 0 aliphatic carbocycles. The average molecular weight is 409 g/mol. The summed E-state index contributed by atoms with van der Waals surface area (Å²) >= 11 is 0. The molecule has 1 aromatic heterocycles. The highest BCUT2D eigenvalue weighted by atomic mass is 16.5. The topological polar surface area (TPSA) is 106 Å². The van der Waals surface area contributed by atoms with Crippen molar-refractivity contribution in [3.8, 4) is 28.4 Å². The van der Waals surface area contributed by atoms with E-state index < -0.39 is 0 Å². The summed E-state index contributed by atoms with van der Waals surface area (Å²) in [5, 5.41) is 0. The summed E-state index contributed by atoms with van der Waals surface area (Å²) in [5.74, 6) is 2.80. The Labute approximate surface area is 177 Å². The Morgan fingerprint density at radius 3 is 2.33 bits per heavy atom. The molecule has 0 spiro atoms. The Morgan fingerprint density at radius 1 is 1.03 bits per heavy atom. The minimum atomic E-state index is -0.00310. The Morgan fingerprint density at radius 2 is 1.73 bits per heavy atom. The first-order valence-corrected chi connectivity index (χ1v) is 9.89. The van der Waals surface area contributed by atoms with Crippen molar-refractivity contribution in [1.29, 1.82) is 0 Å². The van der Waals surface area contributed by atoms with Gasteiger partial charge in [-0.1, -0.05) is 12.1 Å². The molecular formula is C23H28N4O3. The number of nitrogen functional groups attached to an aromatic ring is 2. The molecule has 2 aromatic carbocycles. The number of nitrogens with two attached hydrogens (primary N) is 2. The smallest absolute Gasteiger partial charge is 0.221 e.